The van der Waals surface area contributed by atoms with Crippen LogP contribution < -0.4 is 0 Å². The van der Waals surface area contributed by atoms with Crippen molar-refractivity contribution in [3.8, 4) is 6.07 Å². The van der Waals surface area contributed by atoms with E-state index in [4.69, 9.17) is 15.5 Å². The maximum absolute atomic E-state index is 12.7. The highest BCUT2D eigenvalue weighted by molar-refractivity contribution is 5.33. The van der Waals surface area contributed by atoms with E-state index < -0.39 is 18.8 Å². The minimum absolute atomic E-state index is 0.504. The molecular formula is C11H11FN4O. The highest BCUT2D eigenvalue weighted by atomic mass is 19.1. The Labute approximate surface area is 98.1 Å². The zero-order valence-corrected chi connectivity index (χ0v) is 9.25. The summed E-state index contributed by atoms with van der Waals surface area (Å²) in [4.78, 5) is 2.59. The number of alkyl halides is 1. The largest absolute Gasteiger partial charge is 0.376 e. The van der Waals surface area contributed by atoms with Gasteiger partial charge in [0.05, 0.1) is 23.8 Å². The van der Waals surface area contributed by atoms with Gasteiger partial charge in [-0.25, -0.2) is 0 Å². The molecule has 2 atom stereocenters. The number of nitriles is 1. The Bertz CT molecular complexity index is 448. The van der Waals surface area contributed by atoms with Gasteiger partial charge in [0.1, 0.15) is 6.67 Å². The van der Waals surface area contributed by atoms with Crippen LogP contribution in [0, 0.1) is 11.3 Å². The number of ether oxygens (including phenoxy) is 1. The number of rotatable bonds is 5. The van der Waals surface area contributed by atoms with Crippen LogP contribution in [0.1, 0.15) is 17.2 Å². The van der Waals surface area contributed by atoms with Crippen molar-refractivity contribution in [3.63, 3.8) is 0 Å². The molecule has 0 radical (unpaired) electrons. The van der Waals surface area contributed by atoms with Crippen molar-refractivity contribution in [2.24, 2.45) is 5.11 Å². The summed E-state index contributed by atoms with van der Waals surface area (Å²) in [6.45, 7) is -0.803. The molecule has 6 heteroatoms. The lowest BCUT2D eigenvalue weighted by atomic mass is 10.0. The number of methoxy groups -OCH3 is 1. The fraction of sp³-hybridized carbons (Fsp3) is 0.364. The normalized spacial score (nSPS) is 13.2. The third kappa shape index (κ3) is 3.18. The van der Waals surface area contributed by atoms with Gasteiger partial charge in [0.2, 0.25) is 0 Å². The Balaban J connectivity index is 3.00. The molecule has 5 nitrogen and oxygen atoms in total. The smallest absolute Gasteiger partial charge is 0.101 e. The van der Waals surface area contributed by atoms with Crippen LogP contribution >= 0.6 is 0 Å². The lowest BCUT2D eigenvalue weighted by Gasteiger charge is -2.20. The SMILES string of the molecule is CO[C@H](c1ccc(C#N)cc1)[C@@H](CF)N=[N+]=[N-]. The van der Waals surface area contributed by atoms with E-state index >= 15 is 0 Å². The molecule has 0 N–H and O–H groups in total. The number of hydrogen-bond donors (Lipinski definition) is 0. The molecule has 0 spiro atoms. The van der Waals surface area contributed by atoms with E-state index in [1.165, 1.54) is 7.11 Å². The van der Waals surface area contributed by atoms with Crippen LogP contribution in [-0.2, 0) is 4.74 Å². The van der Waals surface area contributed by atoms with E-state index in [2.05, 4.69) is 10.0 Å². The molecule has 17 heavy (non-hydrogen) atoms. The number of hydrogen-bond acceptors (Lipinski definition) is 3. The molecule has 1 aromatic carbocycles. The second-order valence-corrected chi connectivity index (χ2v) is 3.32. The molecule has 0 amide bonds. The van der Waals surface area contributed by atoms with Crippen molar-refractivity contribution in [2.45, 2.75) is 12.1 Å². The van der Waals surface area contributed by atoms with E-state index in [0.717, 1.165) is 0 Å². The zero-order valence-electron chi connectivity index (χ0n) is 9.25. The molecule has 0 unspecified atom stereocenters. The number of halogens is 1. The van der Waals surface area contributed by atoms with Crippen LogP contribution in [0.25, 0.3) is 10.4 Å². The summed E-state index contributed by atoms with van der Waals surface area (Å²) in [5.74, 6) is 0. The van der Waals surface area contributed by atoms with E-state index in [-0.39, 0.29) is 0 Å². The first-order valence-corrected chi connectivity index (χ1v) is 4.89. The molecule has 0 heterocycles. The lowest BCUT2D eigenvalue weighted by molar-refractivity contribution is 0.0722. The summed E-state index contributed by atoms with van der Waals surface area (Å²) in [7, 11) is 1.42. The summed E-state index contributed by atoms with van der Waals surface area (Å²) in [5, 5.41) is 12.0. The minimum atomic E-state index is -0.905. The van der Waals surface area contributed by atoms with Crippen molar-refractivity contribution in [1.29, 1.82) is 5.26 Å². The molecule has 88 valence electrons. The molecule has 0 aliphatic heterocycles. The van der Waals surface area contributed by atoms with Crippen LogP contribution in [-0.4, -0.2) is 19.8 Å². The lowest BCUT2D eigenvalue weighted by Crippen LogP contribution is -2.20. The molecule has 1 rings (SSSR count). The summed E-state index contributed by atoms with van der Waals surface area (Å²) in [5.41, 5.74) is 9.51. The molecule has 0 bridgehead atoms. The molecule has 1 aromatic rings. The number of benzene rings is 1. The molecule has 0 aliphatic carbocycles. The van der Waals surface area contributed by atoms with Crippen LogP contribution in [0.4, 0.5) is 4.39 Å². The maximum atomic E-state index is 12.7. The molecular weight excluding hydrogens is 223 g/mol. The van der Waals surface area contributed by atoms with Gasteiger partial charge < -0.3 is 4.74 Å². The van der Waals surface area contributed by atoms with E-state index in [1.807, 2.05) is 6.07 Å². The molecule has 0 aromatic heterocycles. The van der Waals surface area contributed by atoms with Crippen molar-refractivity contribution >= 4 is 0 Å². The summed E-state index contributed by atoms with van der Waals surface area (Å²) < 4.78 is 17.8. The Morgan fingerprint density at radius 3 is 2.59 bits per heavy atom. The highest BCUT2D eigenvalue weighted by Gasteiger charge is 2.21. The highest BCUT2D eigenvalue weighted by Crippen LogP contribution is 2.23. The summed E-state index contributed by atoms with van der Waals surface area (Å²) in [6, 6.07) is 7.60. The van der Waals surface area contributed by atoms with Gasteiger partial charge in [-0.2, -0.15) is 5.26 Å². The fourth-order valence-corrected chi connectivity index (χ4v) is 1.50. The third-order valence-electron chi connectivity index (χ3n) is 2.33. The topological polar surface area (TPSA) is 81.8 Å². The first-order chi connectivity index (χ1) is 8.26. The Morgan fingerprint density at radius 2 is 2.18 bits per heavy atom. The Kier molecular flexibility index (Phi) is 4.95. The van der Waals surface area contributed by atoms with Crippen molar-refractivity contribution in [3.05, 3.63) is 45.8 Å². The number of azide groups is 1. The standard InChI is InChI=1S/C11H11FN4O/c1-17-11(10(6-12)15-16-14)9-4-2-8(7-13)3-5-9/h2-5,10-11H,6H2,1H3/t10-,11-/m1/s1. The fourth-order valence-electron chi connectivity index (χ4n) is 1.50. The van der Waals surface area contributed by atoms with Gasteiger partial charge in [0.25, 0.3) is 0 Å². The minimum Gasteiger partial charge on any atom is -0.376 e. The predicted molar refractivity (Wildman–Crippen MR) is 59.8 cm³/mol. The average Bonchev–Trinajstić information content (AvgIpc) is 2.39. The second-order valence-electron chi connectivity index (χ2n) is 3.32. The van der Waals surface area contributed by atoms with Crippen LogP contribution in [0.5, 0.6) is 0 Å². The molecule has 0 saturated carbocycles. The van der Waals surface area contributed by atoms with Crippen LogP contribution in [0.2, 0.25) is 0 Å². The zero-order chi connectivity index (χ0) is 12.7. The average molecular weight is 234 g/mol. The van der Waals surface area contributed by atoms with Gasteiger partial charge in [-0.15, -0.1) is 0 Å². The monoisotopic (exact) mass is 234 g/mol. The summed E-state index contributed by atoms with van der Waals surface area (Å²) in [6.07, 6.45) is -0.649. The third-order valence-corrected chi connectivity index (χ3v) is 2.33. The molecule has 0 aliphatic rings. The van der Waals surface area contributed by atoms with Gasteiger partial charge >= 0.3 is 0 Å². The van der Waals surface area contributed by atoms with Gasteiger partial charge in [-0.1, -0.05) is 17.2 Å². The van der Waals surface area contributed by atoms with E-state index in [0.29, 0.717) is 11.1 Å². The first-order valence-electron chi connectivity index (χ1n) is 4.89. The van der Waals surface area contributed by atoms with Crippen molar-refractivity contribution < 1.29 is 9.13 Å². The van der Waals surface area contributed by atoms with Gasteiger partial charge in [-0.3, -0.25) is 4.39 Å². The van der Waals surface area contributed by atoms with E-state index in [1.54, 1.807) is 24.3 Å². The second kappa shape index (κ2) is 6.48. The first kappa shape index (κ1) is 13.0. The van der Waals surface area contributed by atoms with Crippen molar-refractivity contribution in [1.82, 2.24) is 0 Å². The van der Waals surface area contributed by atoms with Gasteiger partial charge in [-0.05, 0) is 23.2 Å². The summed E-state index contributed by atoms with van der Waals surface area (Å²) >= 11 is 0. The molecule has 0 saturated heterocycles. The van der Waals surface area contributed by atoms with Gasteiger partial charge in [0, 0.05) is 12.0 Å². The maximum Gasteiger partial charge on any atom is 0.101 e. The van der Waals surface area contributed by atoms with E-state index in [9.17, 15) is 4.39 Å². The molecule has 0 fully saturated rings. The Morgan fingerprint density at radius 1 is 1.53 bits per heavy atom. The van der Waals surface area contributed by atoms with Gasteiger partial charge in [0.15, 0.2) is 0 Å². The quantitative estimate of drug-likeness (QED) is 0.446. The predicted octanol–water partition coefficient (Wildman–Crippen LogP) is 2.89. The number of nitrogens with zero attached hydrogens (tertiary/aromatic N) is 4. The Hall–Kier alpha value is -2.09. The van der Waals surface area contributed by atoms with Crippen LogP contribution in [0.3, 0.4) is 0 Å². The van der Waals surface area contributed by atoms with Crippen LogP contribution in [0.15, 0.2) is 29.4 Å². The van der Waals surface area contributed by atoms with Crippen molar-refractivity contribution in [2.75, 3.05) is 13.8 Å².